The fourth-order valence-corrected chi connectivity index (χ4v) is 5.26. The number of benzene rings is 1. The minimum absolute atomic E-state index is 0.0217. The summed E-state index contributed by atoms with van der Waals surface area (Å²) in [7, 11) is 3.01. The van der Waals surface area contributed by atoms with Crippen LogP contribution in [0, 0.1) is 0 Å². The van der Waals surface area contributed by atoms with Gasteiger partial charge in [-0.1, -0.05) is 12.8 Å². The molecule has 4 rings (SSSR count). The van der Waals surface area contributed by atoms with Crippen LogP contribution >= 0.6 is 0 Å². The third-order valence-electron chi connectivity index (χ3n) is 7.47. The van der Waals surface area contributed by atoms with Gasteiger partial charge in [0.15, 0.2) is 17.2 Å². The number of hydrogen-bond donors (Lipinski definition) is 1. The number of nitrogens with one attached hydrogen (secondary N) is 1. The number of ether oxygens (including phenoxy) is 7. The molecule has 2 fully saturated rings. The third-order valence-corrected chi connectivity index (χ3v) is 7.47. The molecule has 12 nitrogen and oxygen atoms in total. The molecule has 0 radical (unpaired) electrons. The number of amides is 1. The van der Waals surface area contributed by atoms with Crippen LogP contribution in [0.1, 0.15) is 69.3 Å². The Labute approximate surface area is 251 Å². The van der Waals surface area contributed by atoms with Crippen molar-refractivity contribution in [2.45, 2.75) is 89.3 Å². The molecule has 4 unspecified atom stereocenters. The fraction of sp³-hybridized carbons (Fsp3) is 0.548. The Morgan fingerprint density at radius 1 is 0.977 bits per heavy atom. The lowest BCUT2D eigenvalue weighted by molar-refractivity contribution is -0.168. The minimum Gasteiger partial charge on any atom is -0.497 e. The molecular formula is C31H40N2O10. The standard InChI is InChI=1S/C31H40N2O10/c1-19-28(43-22-8-5-6-9-22)26(42-23-14-12-21(37-3)13-15-23)11-7-10-24(31(36)41-19)33-30(35)27-29(40-18-39-20(2)34)25(38-4)16-17-32-27/h12-17,19,22,24,26,28H,5-11,18H2,1-4H3,(H,33,35). The number of rotatable bonds is 11. The Morgan fingerprint density at radius 3 is 2.37 bits per heavy atom. The molecule has 12 heteroatoms. The van der Waals surface area contributed by atoms with Gasteiger partial charge in [0.25, 0.3) is 5.91 Å². The predicted molar refractivity (Wildman–Crippen MR) is 153 cm³/mol. The zero-order chi connectivity index (χ0) is 30.8. The molecule has 4 atom stereocenters. The molecule has 1 N–H and O–H groups in total. The molecule has 2 heterocycles. The summed E-state index contributed by atoms with van der Waals surface area (Å²) < 4.78 is 39.8. The molecule has 2 aliphatic rings. The van der Waals surface area contributed by atoms with Crippen molar-refractivity contribution in [2.24, 2.45) is 0 Å². The summed E-state index contributed by atoms with van der Waals surface area (Å²) in [6.45, 7) is 2.58. The lowest BCUT2D eigenvalue weighted by atomic mass is 10.0. The molecule has 2 aromatic rings. The lowest BCUT2D eigenvalue weighted by Crippen LogP contribution is -2.47. The number of hydrogen-bond acceptors (Lipinski definition) is 11. The number of nitrogens with zero attached hydrogens (tertiary/aromatic N) is 1. The Balaban J connectivity index is 1.51. The van der Waals surface area contributed by atoms with Crippen molar-refractivity contribution in [3.05, 3.63) is 42.2 Å². The second-order valence-corrected chi connectivity index (χ2v) is 10.5. The van der Waals surface area contributed by atoms with Gasteiger partial charge < -0.3 is 38.5 Å². The van der Waals surface area contributed by atoms with Crippen molar-refractivity contribution in [2.75, 3.05) is 21.0 Å². The minimum atomic E-state index is -0.962. The number of cyclic esters (lactones) is 1. The highest BCUT2D eigenvalue weighted by Gasteiger charge is 2.38. The molecule has 1 aromatic carbocycles. The molecule has 1 saturated carbocycles. The molecule has 0 bridgehead atoms. The van der Waals surface area contributed by atoms with Gasteiger partial charge in [-0.2, -0.15) is 0 Å². The predicted octanol–water partition coefficient (Wildman–Crippen LogP) is 3.99. The van der Waals surface area contributed by atoms with Gasteiger partial charge in [0.1, 0.15) is 35.9 Å². The zero-order valence-electron chi connectivity index (χ0n) is 25.0. The van der Waals surface area contributed by atoms with Gasteiger partial charge in [0.05, 0.1) is 20.3 Å². The first kappa shape index (κ1) is 31.9. The maximum atomic E-state index is 13.4. The van der Waals surface area contributed by atoms with Crippen LogP contribution in [0.15, 0.2) is 36.5 Å². The SMILES string of the molecule is COc1ccc(OC2CCCC(NC(=O)c3nccc(OC)c3OCOC(C)=O)C(=O)OC(C)C2OC2CCCC2)cc1. The summed E-state index contributed by atoms with van der Waals surface area (Å²) in [5, 5.41) is 2.74. The number of aromatic nitrogens is 1. The van der Waals surface area contributed by atoms with Gasteiger partial charge in [0, 0.05) is 19.2 Å². The van der Waals surface area contributed by atoms with E-state index in [0.717, 1.165) is 25.7 Å². The zero-order valence-corrected chi connectivity index (χ0v) is 25.0. The van der Waals surface area contributed by atoms with Crippen molar-refractivity contribution in [1.29, 1.82) is 0 Å². The molecule has 1 amide bonds. The van der Waals surface area contributed by atoms with Gasteiger partial charge >= 0.3 is 11.9 Å². The summed E-state index contributed by atoms with van der Waals surface area (Å²) >= 11 is 0. The van der Waals surface area contributed by atoms with E-state index in [2.05, 4.69) is 10.3 Å². The van der Waals surface area contributed by atoms with Gasteiger partial charge in [-0.3, -0.25) is 9.59 Å². The van der Waals surface area contributed by atoms with Crippen molar-refractivity contribution in [3.8, 4) is 23.0 Å². The van der Waals surface area contributed by atoms with Crippen LogP contribution in [0.25, 0.3) is 0 Å². The summed E-state index contributed by atoms with van der Waals surface area (Å²) in [5.41, 5.74) is -0.129. The van der Waals surface area contributed by atoms with Crippen molar-refractivity contribution in [1.82, 2.24) is 10.3 Å². The van der Waals surface area contributed by atoms with Crippen LogP contribution in [0.4, 0.5) is 0 Å². The summed E-state index contributed by atoms with van der Waals surface area (Å²) in [4.78, 5) is 42.1. The summed E-state index contributed by atoms with van der Waals surface area (Å²) in [6.07, 6.45) is 5.36. The van der Waals surface area contributed by atoms with Crippen LogP contribution < -0.4 is 24.3 Å². The van der Waals surface area contributed by atoms with E-state index >= 15 is 0 Å². The van der Waals surface area contributed by atoms with E-state index in [9.17, 15) is 14.4 Å². The topological polar surface area (TPSA) is 141 Å². The van der Waals surface area contributed by atoms with Gasteiger partial charge in [0.2, 0.25) is 6.79 Å². The molecule has 234 valence electrons. The normalized spacial score (nSPS) is 22.7. The van der Waals surface area contributed by atoms with Crippen LogP contribution in [-0.4, -0.2) is 74.3 Å². The van der Waals surface area contributed by atoms with E-state index in [0.29, 0.717) is 30.8 Å². The van der Waals surface area contributed by atoms with E-state index in [1.807, 2.05) is 24.3 Å². The molecule has 0 spiro atoms. The quantitative estimate of drug-likeness (QED) is 0.296. The number of methoxy groups -OCH3 is 2. The first-order valence-corrected chi connectivity index (χ1v) is 14.6. The lowest BCUT2D eigenvalue weighted by Gasteiger charge is -2.33. The van der Waals surface area contributed by atoms with E-state index in [-0.39, 0.29) is 23.3 Å². The van der Waals surface area contributed by atoms with Crippen LogP contribution in [0.3, 0.4) is 0 Å². The highest BCUT2D eigenvalue weighted by Crippen LogP contribution is 2.31. The first-order valence-electron chi connectivity index (χ1n) is 14.6. The number of pyridine rings is 1. The Hall–Kier alpha value is -4.06. The van der Waals surface area contributed by atoms with Gasteiger partial charge in [-0.15, -0.1) is 0 Å². The van der Waals surface area contributed by atoms with Crippen molar-refractivity contribution < 1.29 is 47.5 Å². The maximum absolute atomic E-state index is 13.4. The number of esters is 2. The van der Waals surface area contributed by atoms with Crippen LogP contribution in [0.5, 0.6) is 23.0 Å². The smallest absolute Gasteiger partial charge is 0.329 e. The third kappa shape index (κ3) is 8.73. The van der Waals surface area contributed by atoms with Crippen molar-refractivity contribution >= 4 is 17.8 Å². The second kappa shape index (κ2) is 15.4. The average Bonchev–Trinajstić information content (AvgIpc) is 3.53. The number of carbonyl (C=O) groups is 3. The van der Waals surface area contributed by atoms with Gasteiger partial charge in [-0.25, -0.2) is 9.78 Å². The fourth-order valence-electron chi connectivity index (χ4n) is 5.26. The Morgan fingerprint density at radius 2 is 1.70 bits per heavy atom. The van der Waals surface area contributed by atoms with Crippen molar-refractivity contribution in [3.63, 3.8) is 0 Å². The molecule has 1 aliphatic carbocycles. The van der Waals surface area contributed by atoms with Crippen LogP contribution in [-0.2, 0) is 23.8 Å². The van der Waals surface area contributed by atoms with E-state index < -0.39 is 49.0 Å². The van der Waals surface area contributed by atoms with E-state index in [1.54, 1.807) is 14.0 Å². The Kier molecular flexibility index (Phi) is 11.4. The molecular weight excluding hydrogens is 560 g/mol. The number of carbonyl (C=O) groups excluding carboxylic acids is 3. The highest BCUT2D eigenvalue weighted by atomic mass is 16.7. The largest absolute Gasteiger partial charge is 0.497 e. The summed E-state index contributed by atoms with van der Waals surface area (Å²) in [6, 6.07) is 7.85. The monoisotopic (exact) mass is 600 g/mol. The highest BCUT2D eigenvalue weighted by molar-refractivity contribution is 5.98. The van der Waals surface area contributed by atoms with Crippen LogP contribution in [0.2, 0.25) is 0 Å². The Bertz CT molecular complexity index is 1230. The van der Waals surface area contributed by atoms with Gasteiger partial charge in [-0.05, 0) is 63.3 Å². The first-order chi connectivity index (χ1) is 20.8. The molecule has 1 saturated heterocycles. The van der Waals surface area contributed by atoms with E-state index in [4.69, 9.17) is 33.2 Å². The second-order valence-electron chi connectivity index (χ2n) is 10.5. The molecule has 43 heavy (non-hydrogen) atoms. The molecule has 1 aromatic heterocycles. The maximum Gasteiger partial charge on any atom is 0.329 e. The average molecular weight is 601 g/mol. The molecule has 1 aliphatic heterocycles. The van der Waals surface area contributed by atoms with E-state index in [1.165, 1.54) is 26.3 Å². The summed E-state index contributed by atoms with van der Waals surface area (Å²) in [5.74, 6) is -0.256.